The summed E-state index contributed by atoms with van der Waals surface area (Å²) in [5.41, 5.74) is 0. The number of likely N-dealkylation sites (tertiary alicyclic amines) is 1. The lowest BCUT2D eigenvalue weighted by molar-refractivity contribution is 0.174. The molecule has 0 aromatic rings. The SMILES string of the molecule is CCCNC1CCCN(C2CC2CCC)C1. The highest BCUT2D eigenvalue weighted by atomic mass is 15.2. The molecule has 0 aromatic carbocycles. The van der Waals surface area contributed by atoms with Crippen molar-refractivity contribution in [3.05, 3.63) is 0 Å². The minimum Gasteiger partial charge on any atom is -0.313 e. The number of rotatable bonds is 6. The van der Waals surface area contributed by atoms with Crippen molar-refractivity contribution >= 4 is 0 Å². The van der Waals surface area contributed by atoms with Gasteiger partial charge in [0.2, 0.25) is 0 Å². The Balaban J connectivity index is 1.70. The molecule has 0 aromatic heterocycles. The molecule has 3 unspecified atom stereocenters. The van der Waals surface area contributed by atoms with Crippen LogP contribution in [-0.2, 0) is 0 Å². The van der Waals surface area contributed by atoms with Crippen molar-refractivity contribution in [2.45, 2.75) is 64.5 Å². The number of piperidine rings is 1. The monoisotopic (exact) mass is 224 g/mol. The van der Waals surface area contributed by atoms with E-state index in [0.717, 1.165) is 18.0 Å². The summed E-state index contributed by atoms with van der Waals surface area (Å²) in [6, 6.07) is 1.72. The van der Waals surface area contributed by atoms with Crippen molar-refractivity contribution in [3.8, 4) is 0 Å². The average molecular weight is 224 g/mol. The lowest BCUT2D eigenvalue weighted by atomic mass is 10.0. The minimum absolute atomic E-state index is 0.775. The molecule has 1 heterocycles. The Bertz CT molecular complexity index is 205. The minimum atomic E-state index is 0.775. The fraction of sp³-hybridized carbons (Fsp3) is 1.00. The zero-order valence-corrected chi connectivity index (χ0v) is 11.0. The van der Waals surface area contributed by atoms with Gasteiger partial charge in [0.05, 0.1) is 0 Å². The predicted molar refractivity (Wildman–Crippen MR) is 69.7 cm³/mol. The molecule has 3 atom stereocenters. The van der Waals surface area contributed by atoms with Crippen LogP contribution in [0, 0.1) is 5.92 Å². The Morgan fingerprint density at radius 3 is 2.88 bits per heavy atom. The van der Waals surface area contributed by atoms with Crippen molar-refractivity contribution in [3.63, 3.8) is 0 Å². The van der Waals surface area contributed by atoms with E-state index < -0.39 is 0 Å². The van der Waals surface area contributed by atoms with Crippen LogP contribution in [0.25, 0.3) is 0 Å². The van der Waals surface area contributed by atoms with Crippen LogP contribution in [0.15, 0.2) is 0 Å². The molecule has 0 bridgehead atoms. The quantitative estimate of drug-likeness (QED) is 0.746. The molecule has 0 amide bonds. The van der Waals surface area contributed by atoms with Gasteiger partial charge in [0, 0.05) is 18.6 Å². The second kappa shape index (κ2) is 6.02. The van der Waals surface area contributed by atoms with Gasteiger partial charge in [-0.05, 0) is 51.1 Å². The first-order valence-corrected chi connectivity index (χ1v) is 7.32. The van der Waals surface area contributed by atoms with Gasteiger partial charge in [-0.1, -0.05) is 20.3 Å². The first kappa shape index (κ1) is 12.4. The molecule has 1 saturated carbocycles. The Kier molecular flexibility index (Phi) is 4.66. The molecule has 1 aliphatic heterocycles. The van der Waals surface area contributed by atoms with Gasteiger partial charge < -0.3 is 5.32 Å². The fourth-order valence-corrected chi connectivity index (χ4v) is 3.18. The number of nitrogens with one attached hydrogen (secondary N) is 1. The number of hydrogen-bond donors (Lipinski definition) is 1. The first-order chi connectivity index (χ1) is 7.85. The highest BCUT2D eigenvalue weighted by Gasteiger charge is 2.41. The zero-order valence-electron chi connectivity index (χ0n) is 11.0. The summed E-state index contributed by atoms with van der Waals surface area (Å²) < 4.78 is 0. The van der Waals surface area contributed by atoms with Gasteiger partial charge in [-0.15, -0.1) is 0 Å². The maximum absolute atomic E-state index is 3.69. The largest absolute Gasteiger partial charge is 0.313 e. The molecule has 0 radical (unpaired) electrons. The van der Waals surface area contributed by atoms with Crippen LogP contribution in [0.4, 0.5) is 0 Å². The number of nitrogens with zero attached hydrogens (tertiary/aromatic N) is 1. The van der Waals surface area contributed by atoms with Crippen LogP contribution < -0.4 is 5.32 Å². The van der Waals surface area contributed by atoms with E-state index in [-0.39, 0.29) is 0 Å². The molecular formula is C14H28N2. The maximum atomic E-state index is 3.69. The van der Waals surface area contributed by atoms with E-state index in [2.05, 4.69) is 24.1 Å². The second-order valence-corrected chi connectivity index (χ2v) is 5.64. The Labute approximate surface area is 101 Å². The van der Waals surface area contributed by atoms with Gasteiger partial charge in [0.15, 0.2) is 0 Å². The van der Waals surface area contributed by atoms with Gasteiger partial charge in [-0.3, -0.25) is 4.90 Å². The molecule has 2 nitrogen and oxygen atoms in total. The standard InChI is InChI=1S/C14H28N2/c1-3-6-12-10-14(12)16-9-5-7-13(11-16)15-8-4-2/h12-15H,3-11H2,1-2H3. The van der Waals surface area contributed by atoms with E-state index in [0.29, 0.717) is 0 Å². The topological polar surface area (TPSA) is 15.3 Å². The van der Waals surface area contributed by atoms with E-state index in [1.165, 1.54) is 58.2 Å². The highest BCUT2D eigenvalue weighted by molar-refractivity contribution is 4.97. The molecule has 2 rings (SSSR count). The van der Waals surface area contributed by atoms with E-state index >= 15 is 0 Å². The predicted octanol–water partition coefficient (Wildman–Crippen LogP) is 2.64. The summed E-state index contributed by atoms with van der Waals surface area (Å²) in [5, 5.41) is 3.69. The van der Waals surface area contributed by atoms with Crippen molar-refractivity contribution in [1.82, 2.24) is 10.2 Å². The molecule has 0 spiro atoms. The summed E-state index contributed by atoms with van der Waals surface area (Å²) in [5.74, 6) is 1.04. The summed E-state index contributed by atoms with van der Waals surface area (Å²) in [7, 11) is 0. The van der Waals surface area contributed by atoms with Crippen molar-refractivity contribution in [1.29, 1.82) is 0 Å². The highest BCUT2D eigenvalue weighted by Crippen LogP contribution is 2.40. The van der Waals surface area contributed by atoms with Crippen LogP contribution >= 0.6 is 0 Å². The number of hydrogen-bond acceptors (Lipinski definition) is 2. The van der Waals surface area contributed by atoms with Crippen LogP contribution in [0.2, 0.25) is 0 Å². The van der Waals surface area contributed by atoms with Crippen LogP contribution in [0.1, 0.15) is 52.4 Å². The third kappa shape index (κ3) is 3.21. The lowest BCUT2D eigenvalue weighted by Gasteiger charge is -2.33. The maximum Gasteiger partial charge on any atom is 0.0195 e. The molecular weight excluding hydrogens is 196 g/mol. The summed E-state index contributed by atoms with van der Waals surface area (Å²) in [6.45, 7) is 8.44. The van der Waals surface area contributed by atoms with Gasteiger partial charge in [0.25, 0.3) is 0 Å². The smallest absolute Gasteiger partial charge is 0.0195 e. The van der Waals surface area contributed by atoms with Crippen LogP contribution in [-0.4, -0.2) is 36.6 Å². The fourth-order valence-electron chi connectivity index (χ4n) is 3.18. The van der Waals surface area contributed by atoms with E-state index in [1.54, 1.807) is 0 Å². The normalized spacial score (nSPS) is 35.2. The molecule has 94 valence electrons. The van der Waals surface area contributed by atoms with Crippen molar-refractivity contribution < 1.29 is 0 Å². The van der Waals surface area contributed by atoms with E-state index in [1.807, 2.05) is 0 Å². The second-order valence-electron chi connectivity index (χ2n) is 5.64. The molecule has 1 aliphatic carbocycles. The Morgan fingerprint density at radius 1 is 1.25 bits per heavy atom. The molecule has 2 heteroatoms. The average Bonchev–Trinajstić information content (AvgIpc) is 3.07. The third-order valence-electron chi connectivity index (χ3n) is 4.15. The summed E-state index contributed by atoms with van der Waals surface area (Å²) in [6.07, 6.45) is 8.35. The molecule has 1 saturated heterocycles. The van der Waals surface area contributed by atoms with Crippen LogP contribution in [0.5, 0.6) is 0 Å². The van der Waals surface area contributed by atoms with Crippen molar-refractivity contribution in [2.24, 2.45) is 5.92 Å². The summed E-state index contributed by atoms with van der Waals surface area (Å²) >= 11 is 0. The third-order valence-corrected chi connectivity index (χ3v) is 4.15. The van der Waals surface area contributed by atoms with Gasteiger partial charge in [-0.25, -0.2) is 0 Å². The molecule has 2 aliphatic rings. The van der Waals surface area contributed by atoms with Crippen LogP contribution in [0.3, 0.4) is 0 Å². The van der Waals surface area contributed by atoms with Gasteiger partial charge >= 0.3 is 0 Å². The molecule has 1 N–H and O–H groups in total. The molecule has 16 heavy (non-hydrogen) atoms. The van der Waals surface area contributed by atoms with E-state index in [9.17, 15) is 0 Å². The first-order valence-electron chi connectivity index (χ1n) is 7.32. The Hall–Kier alpha value is -0.0800. The summed E-state index contributed by atoms with van der Waals surface area (Å²) in [4.78, 5) is 2.76. The lowest BCUT2D eigenvalue weighted by Crippen LogP contribution is -2.47. The van der Waals surface area contributed by atoms with Gasteiger partial charge in [0.1, 0.15) is 0 Å². The van der Waals surface area contributed by atoms with Gasteiger partial charge in [-0.2, -0.15) is 0 Å². The molecule has 2 fully saturated rings. The van der Waals surface area contributed by atoms with Crippen molar-refractivity contribution in [2.75, 3.05) is 19.6 Å². The zero-order chi connectivity index (χ0) is 11.4. The van der Waals surface area contributed by atoms with E-state index in [4.69, 9.17) is 0 Å². The Morgan fingerprint density at radius 2 is 2.12 bits per heavy atom.